The van der Waals surface area contributed by atoms with Gasteiger partial charge in [-0.3, -0.25) is 9.59 Å². The fourth-order valence-corrected chi connectivity index (χ4v) is 1.58. The van der Waals surface area contributed by atoms with E-state index in [9.17, 15) is 14.4 Å². The van der Waals surface area contributed by atoms with Gasteiger partial charge >= 0.3 is 11.9 Å². The van der Waals surface area contributed by atoms with Gasteiger partial charge in [0, 0.05) is 19.3 Å². The quantitative estimate of drug-likeness (QED) is 0.456. The second-order valence-electron chi connectivity index (χ2n) is 5.73. The third kappa shape index (κ3) is 10.5. The molecule has 0 rings (SSSR count). The van der Waals surface area contributed by atoms with Crippen molar-refractivity contribution in [2.24, 2.45) is 11.8 Å². The lowest BCUT2D eigenvalue weighted by Gasteiger charge is -2.18. The molecule has 0 spiro atoms. The molecule has 1 unspecified atom stereocenters. The predicted octanol–water partition coefficient (Wildman–Crippen LogP) is 2.51. The van der Waals surface area contributed by atoms with Gasteiger partial charge in [-0.2, -0.15) is 0 Å². The van der Waals surface area contributed by atoms with Crippen molar-refractivity contribution in [2.75, 3.05) is 6.61 Å². The SMILES string of the molecule is CC(C)CC(=O)OCC(CCC=O)OC(=O)CC(C)C. The molecule has 5 heteroatoms. The number of rotatable bonds is 10. The first-order valence-electron chi connectivity index (χ1n) is 7.13. The lowest BCUT2D eigenvalue weighted by molar-refractivity contribution is -0.160. The van der Waals surface area contributed by atoms with Crippen LogP contribution in [-0.2, 0) is 23.9 Å². The van der Waals surface area contributed by atoms with E-state index in [2.05, 4.69) is 0 Å². The molecule has 0 radical (unpaired) electrons. The smallest absolute Gasteiger partial charge is 0.306 e. The van der Waals surface area contributed by atoms with E-state index in [1.807, 2.05) is 27.7 Å². The second-order valence-corrected chi connectivity index (χ2v) is 5.73. The third-order valence-electron chi connectivity index (χ3n) is 2.48. The molecule has 0 aromatic heterocycles. The van der Waals surface area contributed by atoms with Crippen LogP contribution in [0.3, 0.4) is 0 Å². The minimum Gasteiger partial charge on any atom is -0.462 e. The zero-order chi connectivity index (χ0) is 15.5. The molecule has 0 N–H and O–H groups in total. The average Bonchev–Trinajstić information content (AvgIpc) is 2.30. The lowest BCUT2D eigenvalue weighted by Crippen LogP contribution is -2.26. The fourth-order valence-electron chi connectivity index (χ4n) is 1.58. The molecule has 0 saturated carbocycles. The Morgan fingerprint density at radius 2 is 1.55 bits per heavy atom. The van der Waals surface area contributed by atoms with Gasteiger partial charge in [0.15, 0.2) is 0 Å². The normalized spacial score (nSPS) is 12.3. The Morgan fingerprint density at radius 1 is 1.00 bits per heavy atom. The van der Waals surface area contributed by atoms with Gasteiger partial charge in [0.1, 0.15) is 19.0 Å². The highest BCUT2D eigenvalue weighted by atomic mass is 16.6. The molecule has 5 nitrogen and oxygen atoms in total. The molecule has 0 aromatic rings. The van der Waals surface area contributed by atoms with Crippen LogP contribution in [0.15, 0.2) is 0 Å². The summed E-state index contributed by atoms with van der Waals surface area (Å²) in [5.41, 5.74) is 0. The van der Waals surface area contributed by atoms with Crippen LogP contribution >= 0.6 is 0 Å². The summed E-state index contributed by atoms with van der Waals surface area (Å²) >= 11 is 0. The van der Waals surface area contributed by atoms with Crippen LogP contribution in [0.1, 0.15) is 53.4 Å². The molecule has 0 bridgehead atoms. The first kappa shape index (κ1) is 18.6. The van der Waals surface area contributed by atoms with Crippen LogP contribution in [0.4, 0.5) is 0 Å². The highest BCUT2D eigenvalue weighted by molar-refractivity contribution is 5.70. The van der Waals surface area contributed by atoms with Crippen molar-refractivity contribution in [1.82, 2.24) is 0 Å². The summed E-state index contributed by atoms with van der Waals surface area (Å²) in [6.07, 6.45) is 1.53. The molecule has 20 heavy (non-hydrogen) atoms. The maximum absolute atomic E-state index is 11.6. The number of carbonyl (C=O) groups excluding carboxylic acids is 3. The first-order chi connectivity index (χ1) is 9.35. The summed E-state index contributed by atoms with van der Waals surface area (Å²) in [7, 11) is 0. The van der Waals surface area contributed by atoms with Crippen molar-refractivity contribution >= 4 is 18.2 Å². The molecular weight excluding hydrogens is 260 g/mol. The van der Waals surface area contributed by atoms with E-state index in [1.54, 1.807) is 0 Å². The van der Waals surface area contributed by atoms with E-state index >= 15 is 0 Å². The van der Waals surface area contributed by atoms with Crippen LogP contribution in [0.2, 0.25) is 0 Å². The minimum absolute atomic E-state index is 0.0171. The second kappa shape index (κ2) is 10.4. The average molecular weight is 286 g/mol. The molecule has 0 saturated heterocycles. The monoisotopic (exact) mass is 286 g/mol. The lowest BCUT2D eigenvalue weighted by atomic mass is 10.1. The zero-order valence-corrected chi connectivity index (χ0v) is 12.9. The summed E-state index contributed by atoms with van der Waals surface area (Å²) in [6.45, 7) is 7.71. The van der Waals surface area contributed by atoms with Crippen LogP contribution in [0.5, 0.6) is 0 Å². The Labute approximate surface area is 121 Å². The molecule has 0 heterocycles. The Bertz CT molecular complexity index is 309. The van der Waals surface area contributed by atoms with Gasteiger partial charge in [-0.1, -0.05) is 27.7 Å². The summed E-state index contributed by atoms with van der Waals surface area (Å²) in [5, 5.41) is 0. The molecule has 0 amide bonds. The van der Waals surface area contributed by atoms with Crippen molar-refractivity contribution in [3.63, 3.8) is 0 Å². The molecule has 0 fully saturated rings. The predicted molar refractivity (Wildman–Crippen MR) is 75.0 cm³/mol. The topological polar surface area (TPSA) is 69.7 Å². The molecule has 116 valence electrons. The number of aldehydes is 1. The molecule has 1 atom stereocenters. The number of esters is 2. The minimum atomic E-state index is -0.539. The standard InChI is InChI=1S/C15H26O5/c1-11(2)8-14(17)19-10-13(6-5-7-16)20-15(18)9-12(3)4/h7,11-13H,5-6,8-10H2,1-4H3. The third-order valence-corrected chi connectivity index (χ3v) is 2.48. The van der Waals surface area contributed by atoms with Crippen molar-refractivity contribution in [3.05, 3.63) is 0 Å². The molecule has 0 aliphatic heterocycles. The fraction of sp³-hybridized carbons (Fsp3) is 0.800. The largest absolute Gasteiger partial charge is 0.462 e. The van der Waals surface area contributed by atoms with E-state index in [0.29, 0.717) is 19.3 Å². The van der Waals surface area contributed by atoms with Gasteiger partial charge in [-0.05, 0) is 18.3 Å². The number of hydrogen-bond acceptors (Lipinski definition) is 5. The maximum atomic E-state index is 11.6. The van der Waals surface area contributed by atoms with Crippen LogP contribution in [0, 0.1) is 11.8 Å². The van der Waals surface area contributed by atoms with Crippen molar-refractivity contribution in [3.8, 4) is 0 Å². The molecule has 0 aliphatic rings. The summed E-state index contributed by atoms with van der Waals surface area (Å²) in [6, 6.07) is 0. The van der Waals surface area contributed by atoms with Gasteiger partial charge in [-0.15, -0.1) is 0 Å². The van der Waals surface area contributed by atoms with Crippen LogP contribution in [-0.4, -0.2) is 30.9 Å². The Morgan fingerprint density at radius 3 is 2.05 bits per heavy atom. The summed E-state index contributed by atoms with van der Waals surface area (Å²) < 4.78 is 10.3. The van der Waals surface area contributed by atoms with Crippen molar-refractivity contribution < 1.29 is 23.9 Å². The Hall–Kier alpha value is -1.39. The molecular formula is C15H26O5. The highest BCUT2D eigenvalue weighted by Crippen LogP contribution is 2.09. The van der Waals surface area contributed by atoms with E-state index < -0.39 is 6.10 Å². The van der Waals surface area contributed by atoms with E-state index in [1.165, 1.54) is 0 Å². The van der Waals surface area contributed by atoms with E-state index in [-0.39, 0.29) is 36.8 Å². The first-order valence-corrected chi connectivity index (χ1v) is 7.13. The molecule has 0 aromatic carbocycles. The number of hydrogen-bond donors (Lipinski definition) is 0. The van der Waals surface area contributed by atoms with Gasteiger partial charge in [-0.25, -0.2) is 0 Å². The van der Waals surface area contributed by atoms with Crippen molar-refractivity contribution in [2.45, 2.75) is 59.5 Å². The Kier molecular flexibility index (Phi) is 9.68. The van der Waals surface area contributed by atoms with Gasteiger partial charge in [0.25, 0.3) is 0 Å². The van der Waals surface area contributed by atoms with E-state index in [0.717, 1.165) is 6.29 Å². The highest BCUT2D eigenvalue weighted by Gasteiger charge is 2.18. The van der Waals surface area contributed by atoms with Crippen LogP contribution < -0.4 is 0 Å². The van der Waals surface area contributed by atoms with Crippen LogP contribution in [0.25, 0.3) is 0 Å². The van der Waals surface area contributed by atoms with Gasteiger partial charge in [0.05, 0.1) is 0 Å². The summed E-state index contributed by atoms with van der Waals surface area (Å²) in [4.78, 5) is 33.5. The zero-order valence-electron chi connectivity index (χ0n) is 12.9. The number of ether oxygens (including phenoxy) is 2. The van der Waals surface area contributed by atoms with Gasteiger partial charge in [0.2, 0.25) is 0 Å². The van der Waals surface area contributed by atoms with Gasteiger partial charge < -0.3 is 14.3 Å². The summed E-state index contributed by atoms with van der Waals surface area (Å²) in [5.74, 6) is -0.205. The molecule has 0 aliphatic carbocycles. The maximum Gasteiger partial charge on any atom is 0.306 e. The number of carbonyl (C=O) groups is 3. The van der Waals surface area contributed by atoms with E-state index in [4.69, 9.17) is 9.47 Å². The Balaban J connectivity index is 4.23. The van der Waals surface area contributed by atoms with Crippen molar-refractivity contribution in [1.29, 1.82) is 0 Å².